The number of pyridine rings is 1. The third kappa shape index (κ3) is 2.29. The number of carbonyl (C=O) groups excluding carboxylic acids is 1. The first-order valence-electron chi connectivity index (χ1n) is 4.52. The van der Waals surface area contributed by atoms with Crippen LogP contribution in [0.25, 0.3) is 0 Å². The molecular formula is C10H15N3O. The van der Waals surface area contributed by atoms with E-state index in [1.165, 1.54) is 0 Å². The molecular weight excluding hydrogens is 178 g/mol. The van der Waals surface area contributed by atoms with E-state index in [2.05, 4.69) is 10.3 Å². The van der Waals surface area contributed by atoms with Crippen LogP contribution in [0.3, 0.4) is 0 Å². The molecule has 1 N–H and O–H groups in total. The number of hydrogen-bond acceptors (Lipinski definition) is 3. The first-order chi connectivity index (χ1) is 6.66. The van der Waals surface area contributed by atoms with E-state index in [4.69, 9.17) is 0 Å². The van der Waals surface area contributed by atoms with Crippen molar-refractivity contribution in [3.05, 3.63) is 24.4 Å². The van der Waals surface area contributed by atoms with Gasteiger partial charge in [0.2, 0.25) is 5.91 Å². The van der Waals surface area contributed by atoms with Gasteiger partial charge in [-0.15, -0.1) is 0 Å². The van der Waals surface area contributed by atoms with Crippen molar-refractivity contribution < 1.29 is 4.79 Å². The molecule has 0 radical (unpaired) electrons. The van der Waals surface area contributed by atoms with Crippen molar-refractivity contribution in [2.75, 3.05) is 19.0 Å². The number of rotatable bonds is 3. The van der Waals surface area contributed by atoms with Crippen LogP contribution >= 0.6 is 0 Å². The lowest BCUT2D eigenvalue weighted by Crippen LogP contribution is -2.41. The highest BCUT2D eigenvalue weighted by Crippen LogP contribution is 2.07. The SMILES string of the molecule is CNC(C)C(=O)N(C)c1ccccn1. The molecule has 1 rings (SSSR count). The standard InChI is InChI=1S/C10H15N3O/c1-8(11-2)10(14)13(3)9-6-4-5-7-12-9/h4-8,11H,1-3H3. The van der Waals surface area contributed by atoms with Crippen LogP contribution in [0.4, 0.5) is 5.82 Å². The zero-order chi connectivity index (χ0) is 10.6. The van der Waals surface area contributed by atoms with Gasteiger partial charge in [-0.2, -0.15) is 0 Å². The Bertz CT molecular complexity index is 299. The predicted molar refractivity (Wildman–Crippen MR) is 56.2 cm³/mol. The van der Waals surface area contributed by atoms with Crippen LogP contribution in [0.2, 0.25) is 0 Å². The first-order valence-corrected chi connectivity index (χ1v) is 4.52. The molecule has 0 saturated carbocycles. The molecule has 0 aliphatic rings. The van der Waals surface area contributed by atoms with Gasteiger partial charge in [-0.05, 0) is 26.1 Å². The van der Waals surface area contributed by atoms with Crippen LogP contribution in [0.15, 0.2) is 24.4 Å². The number of nitrogens with zero attached hydrogens (tertiary/aromatic N) is 2. The summed E-state index contributed by atoms with van der Waals surface area (Å²) < 4.78 is 0. The maximum atomic E-state index is 11.7. The molecule has 76 valence electrons. The third-order valence-electron chi connectivity index (χ3n) is 2.13. The topological polar surface area (TPSA) is 45.2 Å². The fourth-order valence-electron chi connectivity index (χ4n) is 1.08. The molecule has 0 aliphatic carbocycles. The van der Waals surface area contributed by atoms with Crippen LogP contribution in [0.5, 0.6) is 0 Å². The Kier molecular flexibility index (Phi) is 3.59. The number of likely N-dealkylation sites (N-methyl/N-ethyl adjacent to an activating group) is 2. The van der Waals surface area contributed by atoms with Gasteiger partial charge in [-0.3, -0.25) is 9.69 Å². The summed E-state index contributed by atoms with van der Waals surface area (Å²) in [6.45, 7) is 1.82. The summed E-state index contributed by atoms with van der Waals surface area (Å²) in [5.41, 5.74) is 0. The lowest BCUT2D eigenvalue weighted by atomic mass is 10.3. The molecule has 4 nitrogen and oxygen atoms in total. The monoisotopic (exact) mass is 193 g/mol. The van der Waals surface area contributed by atoms with Crippen LogP contribution in [-0.2, 0) is 4.79 Å². The summed E-state index contributed by atoms with van der Waals surface area (Å²) in [6.07, 6.45) is 1.67. The van der Waals surface area contributed by atoms with Crippen LogP contribution in [-0.4, -0.2) is 31.0 Å². The summed E-state index contributed by atoms with van der Waals surface area (Å²) in [7, 11) is 3.48. The van der Waals surface area contributed by atoms with E-state index in [-0.39, 0.29) is 11.9 Å². The van der Waals surface area contributed by atoms with Gasteiger partial charge in [0, 0.05) is 13.2 Å². The summed E-state index contributed by atoms with van der Waals surface area (Å²) in [5.74, 6) is 0.672. The maximum absolute atomic E-state index is 11.7. The molecule has 4 heteroatoms. The van der Waals surface area contributed by atoms with E-state index in [1.54, 1.807) is 31.3 Å². The number of nitrogens with one attached hydrogen (secondary N) is 1. The van der Waals surface area contributed by atoms with Crippen molar-refractivity contribution in [1.29, 1.82) is 0 Å². The molecule has 0 spiro atoms. The number of anilines is 1. The second-order valence-electron chi connectivity index (χ2n) is 3.10. The molecule has 0 saturated heterocycles. The highest BCUT2D eigenvalue weighted by molar-refractivity contribution is 5.95. The Balaban J connectivity index is 2.76. The van der Waals surface area contributed by atoms with Gasteiger partial charge in [-0.1, -0.05) is 6.07 Å². The number of hydrogen-bond donors (Lipinski definition) is 1. The van der Waals surface area contributed by atoms with E-state index < -0.39 is 0 Å². The fraction of sp³-hybridized carbons (Fsp3) is 0.400. The third-order valence-corrected chi connectivity index (χ3v) is 2.13. The first kappa shape index (κ1) is 10.7. The Morgan fingerprint density at radius 2 is 2.29 bits per heavy atom. The largest absolute Gasteiger partial charge is 0.309 e. The molecule has 1 amide bonds. The molecule has 0 aromatic carbocycles. The minimum Gasteiger partial charge on any atom is -0.309 e. The lowest BCUT2D eigenvalue weighted by molar-refractivity contribution is -0.119. The van der Waals surface area contributed by atoms with Gasteiger partial charge in [0.25, 0.3) is 0 Å². The lowest BCUT2D eigenvalue weighted by Gasteiger charge is -2.19. The molecule has 0 aliphatic heterocycles. The molecule has 1 heterocycles. The van der Waals surface area contributed by atoms with Crippen molar-refractivity contribution in [3.63, 3.8) is 0 Å². The number of carbonyl (C=O) groups is 1. The minimum absolute atomic E-state index is 0.00574. The summed E-state index contributed by atoms with van der Waals surface area (Å²) in [6, 6.07) is 5.29. The van der Waals surface area contributed by atoms with Gasteiger partial charge >= 0.3 is 0 Å². The predicted octanol–water partition coefficient (Wildman–Crippen LogP) is 0.652. The van der Waals surface area contributed by atoms with E-state index in [9.17, 15) is 4.79 Å². The minimum atomic E-state index is -0.193. The highest BCUT2D eigenvalue weighted by Gasteiger charge is 2.16. The smallest absolute Gasteiger partial charge is 0.244 e. The molecule has 1 aromatic rings. The average Bonchev–Trinajstić information content (AvgIpc) is 2.27. The Morgan fingerprint density at radius 3 is 2.79 bits per heavy atom. The second kappa shape index (κ2) is 4.72. The van der Waals surface area contributed by atoms with Gasteiger partial charge in [-0.25, -0.2) is 4.98 Å². The molecule has 14 heavy (non-hydrogen) atoms. The van der Waals surface area contributed by atoms with Gasteiger partial charge in [0.1, 0.15) is 5.82 Å². The fourth-order valence-corrected chi connectivity index (χ4v) is 1.08. The average molecular weight is 193 g/mol. The Morgan fingerprint density at radius 1 is 1.57 bits per heavy atom. The van der Waals surface area contributed by atoms with Crippen molar-refractivity contribution in [2.24, 2.45) is 0 Å². The molecule has 0 bridgehead atoms. The summed E-state index contributed by atoms with van der Waals surface area (Å²) in [4.78, 5) is 17.3. The van der Waals surface area contributed by atoms with Crippen LogP contribution < -0.4 is 10.2 Å². The van der Waals surface area contributed by atoms with Crippen LogP contribution in [0.1, 0.15) is 6.92 Å². The van der Waals surface area contributed by atoms with E-state index in [1.807, 2.05) is 19.1 Å². The zero-order valence-electron chi connectivity index (χ0n) is 8.69. The molecule has 0 fully saturated rings. The zero-order valence-corrected chi connectivity index (χ0v) is 8.69. The summed E-state index contributed by atoms with van der Waals surface area (Å²) in [5, 5.41) is 2.90. The van der Waals surface area contributed by atoms with E-state index in [0.29, 0.717) is 5.82 Å². The molecule has 1 unspecified atom stereocenters. The van der Waals surface area contributed by atoms with Crippen molar-refractivity contribution in [1.82, 2.24) is 10.3 Å². The molecule has 1 atom stereocenters. The van der Waals surface area contributed by atoms with Gasteiger partial charge < -0.3 is 5.32 Å². The van der Waals surface area contributed by atoms with Crippen molar-refractivity contribution >= 4 is 11.7 Å². The second-order valence-corrected chi connectivity index (χ2v) is 3.10. The number of amides is 1. The highest BCUT2D eigenvalue weighted by atomic mass is 16.2. The Labute approximate surface area is 83.9 Å². The quantitative estimate of drug-likeness (QED) is 0.766. The van der Waals surface area contributed by atoms with Gasteiger partial charge in [0.15, 0.2) is 0 Å². The van der Waals surface area contributed by atoms with E-state index in [0.717, 1.165) is 0 Å². The maximum Gasteiger partial charge on any atom is 0.244 e. The molecule has 1 aromatic heterocycles. The Hall–Kier alpha value is -1.42. The van der Waals surface area contributed by atoms with Crippen molar-refractivity contribution in [2.45, 2.75) is 13.0 Å². The van der Waals surface area contributed by atoms with Crippen LogP contribution in [0, 0.1) is 0 Å². The van der Waals surface area contributed by atoms with Crippen molar-refractivity contribution in [3.8, 4) is 0 Å². The normalized spacial score (nSPS) is 12.2. The number of aromatic nitrogens is 1. The van der Waals surface area contributed by atoms with E-state index >= 15 is 0 Å². The van der Waals surface area contributed by atoms with Gasteiger partial charge in [0.05, 0.1) is 6.04 Å². The summed E-state index contributed by atoms with van der Waals surface area (Å²) >= 11 is 0.